The van der Waals surface area contributed by atoms with Crippen molar-refractivity contribution in [1.82, 2.24) is 4.90 Å². The van der Waals surface area contributed by atoms with E-state index in [-0.39, 0.29) is 11.5 Å². The van der Waals surface area contributed by atoms with Crippen LogP contribution in [0.1, 0.15) is 34.9 Å². The van der Waals surface area contributed by atoms with Gasteiger partial charge in [-0.15, -0.1) is 0 Å². The van der Waals surface area contributed by atoms with Gasteiger partial charge in [-0.3, -0.25) is 4.79 Å². The lowest BCUT2D eigenvalue weighted by atomic mass is 10.1. The topological polar surface area (TPSA) is 65.1 Å². The van der Waals surface area contributed by atoms with Gasteiger partial charge in [0.05, 0.1) is 14.2 Å². The fourth-order valence-electron chi connectivity index (χ4n) is 3.21. The zero-order chi connectivity index (χ0) is 19.2. The molecule has 2 aromatic carbocycles. The van der Waals surface area contributed by atoms with E-state index in [1.54, 1.807) is 35.2 Å². The summed E-state index contributed by atoms with van der Waals surface area (Å²) in [6.07, 6.45) is 0.912. The Morgan fingerprint density at radius 1 is 0.889 bits per heavy atom. The molecule has 1 amide bonds. The first-order valence-corrected chi connectivity index (χ1v) is 8.91. The molecule has 3 rings (SSSR count). The third-order valence-corrected chi connectivity index (χ3v) is 4.60. The SMILES string of the molecule is COc1cccc(OC)c1C(=O)O[C@H](C(=O)N1CCCC1)c1ccccc1. The van der Waals surface area contributed by atoms with Gasteiger partial charge in [-0.2, -0.15) is 0 Å². The van der Waals surface area contributed by atoms with E-state index in [1.807, 2.05) is 18.2 Å². The molecule has 6 nitrogen and oxygen atoms in total. The van der Waals surface area contributed by atoms with E-state index in [0.29, 0.717) is 30.2 Å². The minimum Gasteiger partial charge on any atom is -0.496 e. The average Bonchev–Trinajstić information content (AvgIpc) is 3.26. The summed E-state index contributed by atoms with van der Waals surface area (Å²) in [5.74, 6) is -0.203. The first kappa shape index (κ1) is 18.8. The lowest BCUT2D eigenvalue weighted by Crippen LogP contribution is -2.35. The molecule has 0 bridgehead atoms. The molecule has 1 atom stereocenters. The molecule has 27 heavy (non-hydrogen) atoms. The molecule has 0 unspecified atom stereocenters. The third kappa shape index (κ3) is 4.05. The van der Waals surface area contributed by atoms with Gasteiger partial charge in [0.15, 0.2) is 0 Å². The van der Waals surface area contributed by atoms with Gasteiger partial charge >= 0.3 is 5.97 Å². The van der Waals surface area contributed by atoms with Crippen molar-refractivity contribution in [3.63, 3.8) is 0 Å². The molecular weight excluding hydrogens is 346 g/mol. The van der Waals surface area contributed by atoms with Crippen molar-refractivity contribution in [2.75, 3.05) is 27.3 Å². The quantitative estimate of drug-likeness (QED) is 0.732. The summed E-state index contributed by atoms with van der Waals surface area (Å²) in [6, 6.07) is 14.1. The number of likely N-dealkylation sites (tertiary alicyclic amines) is 1. The molecule has 0 N–H and O–H groups in total. The van der Waals surface area contributed by atoms with Crippen molar-refractivity contribution in [3.05, 3.63) is 59.7 Å². The fourth-order valence-corrected chi connectivity index (χ4v) is 3.21. The van der Waals surface area contributed by atoms with Gasteiger partial charge < -0.3 is 19.1 Å². The molecule has 1 saturated heterocycles. The highest BCUT2D eigenvalue weighted by atomic mass is 16.6. The minimum absolute atomic E-state index is 0.164. The van der Waals surface area contributed by atoms with Gasteiger partial charge in [0, 0.05) is 18.7 Å². The van der Waals surface area contributed by atoms with Crippen molar-refractivity contribution in [2.24, 2.45) is 0 Å². The number of methoxy groups -OCH3 is 2. The number of rotatable bonds is 6. The van der Waals surface area contributed by atoms with Crippen LogP contribution in [-0.2, 0) is 9.53 Å². The second-order valence-corrected chi connectivity index (χ2v) is 6.27. The number of hydrogen-bond acceptors (Lipinski definition) is 5. The smallest absolute Gasteiger partial charge is 0.346 e. The zero-order valence-corrected chi connectivity index (χ0v) is 15.5. The molecule has 0 aliphatic carbocycles. The number of esters is 1. The number of ether oxygens (including phenoxy) is 3. The van der Waals surface area contributed by atoms with Gasteiger partial charge in [-0.05, 0) is 25.0 Å². The van der Waals surface area contributed by atoms with E-state index in [0.717, 1.165) is 12.8 Å². The molecular formula is C21H23NO5. The molecule has 2 aromatic rings. The van der Waals surface area contributed by atoms with Gasteiger partial charge in [-0.1, -0.05) is 36.4 Å². The number of hydrogen-bond donors (Lipinski definition) is 0. The van der Waals surface area contributed by atoms with E-state index in [1.165, 1.54) is 14.2 Å². The summed E-state index contributed by atoms with van der Waals surface area (Å²) >= 11 is 0. The van der Waals surface area contributed by atoms with Crippen molar-refractivity contribution < 1.29 is 23.8 Å². The van der Waals surface area contributed by atoms with E-state index < -0.39 is 12.1 Å². The number of benzene rings is 2. The molecule has 0 spiro atoms. The Bertz CT molecular complexity index is 777. The van der Waals surface area contributed by atoms with Crippen LogP contribution in [0.15, 0.2) is 48.5 Å². The molecule has 6 heteroatoms. The first-order valence-electron chi connectivity index (χ1n) is 8.91. The van der Waals surface area contributed by atoms with Crippen LogP contribution in [0.3, 0.4) is 0 Å². The summed E-state index contributed by atoms with van der Waals surface area (Å²) in [7, 11) is 2.94. The maximum absolute atomic E-state index is 13.0. The molecule has 0 saturated carbocycles. The fraction of sp³-hybridized carbons (Fsp3) is 0.333. The Kier molecular flexibility index (Phi) is 5.96. The Morgan fingerprint density at radius 2 is 1.48 bits per heavy atom. The first-order chi connectivity index (χ1) is 13.2. The predicted molar refractivity (Wildman–Crippen MR) is 100.0 cm³/mol. The largest absolute Gasteiger partial charge is 0.496 e. The molecule has 1 fully saturated rings. The van der Waals surface area contributed by atoms with Gasteiger partial charge in [0.2, 0.25) is 6.10 Å². The lowest BCUT2D eigenvalue weighted by molar-refractivity contribution is -0.140. The number of carbonyl (C=O) groups excluding carboxylic acids is 2. The molecule has 1 heterocycles. The highest BCUT2D eigenvalue weighted by Crippen LogP contribution is 2.32. The number of amides is 1. The van der Waals surface area contributed by atoms with Crippen LogP contribution in [0, 0.1) is 0 Å². The van der Waals surface area contributed by atoms with Crippen molar-refractivity contribution in [2.45, 2.75) is 18.9 Å². The van der Waals surface area contributed by atoms with Crippen molar-refractivity contribution in [3.8, 4) is 11.5 Å². The van der Waals surface area contributed by atoms with Gasteiger partial charge in [0.25, 0.3) is 5.91 Å². The Labute approximate surface area is 158 Å². The van der Waals surface area contributed by atoms with E-state index in [9.17, 15) is 9.59 Å². The van der Waals surface area contributed by atoms with Gasteiger partial charge in [0.1, 0.15) is 17.1 Å². The normalized spacial score (nSPS) is 14.5. The lowest BCUT2D eigenvalue weighted by Gasteiger charge is -2.24. The Morgan fingerprint density at radius 3 is 2.04 bits per heavy atom. The highest BCUT2D eigenvalue weighted by molar-refractivity contribution is 5.97. The highest BCUT2D eigenvalue weighted by Gasteiger charge is 2.32. The molecule has 1 aliphatic heterocycles. The summed E-state index contributed by atoms with van der Waals surface area (Å²) in [5.41, 5.74) is 0.800. The average molecular weight is 369 g/mol. The predicted octanol–water partition coefficient (Wildman–Crippen LogP) is 3.22. The third-order valence-electron chi connectivity index (χ3n) is 4.60. The van der Waals surface area contributed by atoms with Crippen molar-refractivity contribution >= 4 is 11.9 Å². The Balaban J connectivity index is 1.93. The van der Waals surface area contributed by atoms with Gasteiger partial charge in [-0.25, -0.2) is 4.79 Å². The zero-order valence-electron chi connectivity index (χ0n) is 15.5. The summed E-state index contributed by atoms with van der Waals surface area (Å²) < 4.78 is 16.3. The van der Waals surface area contributed by atoms with Crippen LogP contribution in [0.2, 0.25) is 0 Å². The number of carbonyl (C=O) groups is 2. The second kappa shape index (κ2) is 8.58. The summed E-state index contributed by atoms with van der Waals surface area (Å²) in [5, 5.41) is 0. The van der Waals surface area contributed by atoms with Crippen LogP contribution in [-0.4, -0.2) is 44.1 Å². The van der Waals surface area contributed by atoms with Crippen LogP contribution in [0.25, 0.3) is 0 Å². The second-order valence-electron chi connectivity index (χ2n) is 6.27. The van der Waals surface area contributed by atoms with Crippen LogP contribution in [0.5, 0.6) is 11.5 Å². The summed E-state index contributed by atoms with van der Waals surface area (Å²) in [4.78, 5) is 27.7. The molecule has 0 radical (unpaired) electrons. The minimum atomic E-state index is -1.01. The molecule has 0 aromatic heterocycles. The maximum atomic E-state index is 13.0. The van der Waals surface area contributed by atoms with Crippen LogP contribution < -0.4 is 9.47 Å². The van der Waals surface area contributed by atoms with E-state index in [2.05, 4.69) is 0 Å². The summed E-state index contributed by atoms with van der Waals surface area (Å²) in [6.45, 7) is 1.36. The standard InChI is InChI=1S/C21H23NO5/c1-25-16-11-8-12-17(26-2)18(16)21(24)27-19(15-9-4-3-5-10-15)20(23)22-13-6-7-14-22/h3-5,8-12,19H,6-7,13-14H2,1-2H3/t19-/m0/s1. The van der Waals surface area contributed by atoms with E-state index >= 15 is 0 Å². The van der Waals surface area contributed by atoms with Crippen LogP contribution in [0.4, 0.5) is 0 Å². The molecule has 1 aliphatic rings. The van der Waals surface area contributed by atoms with Crippen molar-refractivity contribution in [1.29, 1.82) is 0 Å². The maximum Gasteiger partial charge on any atom is 0.346 e. The van der Waals surface area contributed by atoms with E-state index in [4.69, 9.17) is 14.2 Å². The molecule has 142 valence electrons. The monoisotopic (exact) mass is 369 g/mol. The Hall–Kier alpha value is -3.02. The van der Waals surface area contributed by atoms with Crippen LogP contribution >= 0.6 is 0 Å². The number of nitrogens with zero attached hydrogens (tertiary/aromatic N) is 1.